The number of carbonyl (C=O) groups is 1. The zero-order chi connectivity index (χ0) is 21.5. The van der Waals surface area contributed by atoms with Crippen LogP contribution in [0.25, 0.3) is 0 Å². The van der Waals surface area contributed by atoms with Gasteiger partial charge in [0.1, 0.15) is 0 Å². The van der Waals surface area contributed by atoms with Crippen molar-refractivity contribution in [1.29, 1.82) is 0 Å². The third-order valence-electron chi connectivity index (χ3n) is 6.08. The van der Waals surface area contributed by atoms with Gasteiger partial charge < -0.3 is 15.1 Å². The molecule has 0 spiro atoms. The SMILES string of the molecule is CC[C@H](C)c1ccc([C@@H](NCC(=O)N2CCN(c3ncccn3)CC2)C(C)C)cc1. The molecule has 0 saturated carbocycles. The molecule has 2 atom stereocenters. The first kappa shape index (κ1) is 22.2. The molecular weight excluding hydrogens is 374 g/mol. The highest BCUT2D eigenvalue weighted by molar-refractivity contribution is 5.78. The summed E-state index contributed by atoms with van der Waals surface area (Å²) in [5, 5.41) is 3.51. The first-order chi connectivity index (χ1) is 14.5. The Morgan fingerprint density at radius 1 is 1.00 bits per heavy atom. The second kappa shape index (κ2) is 10.5. The van der Waals surface area contributed by atoms with E-state index in [1.54, 1.807) is 12.4 Å². The predicted molar refractivity (Wildman–Crippen MR) is 122 cm³/mol. The lowest BCUT2D eigenvalue weighted by Gasteiger charge is -2.35. The Hall–Kier alpha value is -2.47. The summed E-state index contributed by atoms with van der Waals surface area (Å²) < 4.78 is 0. The Morgan fingerprint density at radius 2 is 1.60 bits per heavy atom. The maximum atomic E-state index is 12.8. The lowest BCUT2D eigenvalue weighted by atomic mass is 9.92. The Kier molecular flexibility index (Phi) is 7.80. The third-order valence-corrected chi connectivity index (χ3v) is 6.08. The van der Waals surface area contributed by atoms with Crippen LogP contribution in [-0.4, -0.2) is 53.5 Å². The van der Waals surface area contributed by atoms with Gasteiger partial charge in [0.2, 0.25) is 11.9 Å². The summed E-state index contributed by atoms with van der Waals surface area (Å²) in [6, 6.07) is 10.9. The average molecular weight is 410 g/mol. The minimum absolute atomic E-state index is 0.158. The number of nitrogens with zero attached hydrogens (tertiary/aromatic N) is 4. The van der Waals surface area contributed by atoms with Crippen molar-refractivity contribution in [3.63, 3.8) is 0 Å². The number of hydrogen-bond acceptors (Lipinski definition) is 5. The Morgan fingerprint density at radius 3 is 2.17 bits per heavy atom. The van der Waals surface area contributed by atoms with Crippen LogP contribution < -0.4 is 10.2 Å². The topological polar surface area (TPSA) is 61.4 Å². The molecule has 1 amide bonds. The van der Waals surface area contributed by atoms with Gasteiger partial charge in [-0.25, -0.2) is 9.97 Å². The van der Waals surface area contributed by atoms with Gasteiger partial charge in [0.05, 0.1) is 6.54 Å². The van der Waals surface area contributed by atoms with Crippen molar-refractivity contribution in [3.8, 4) is 0 Å². The van der Waals surface area contributed by atoms with Crippen molar-refractivity contribution in [2.24, 2.45) is 5.92 Å². The van der Waals surface area contributed by atoms with E-state index in [4.69, 9.17) is 0 Å². The predicted octanol–water partition coefficient (Wildman–Crippen LogP) is 3.63. The second-order valence-electron chi connectivity index (χ2n) is 8.50. The number of rotatable bonds is 8. The summed E-state index contributed by atoms with van der Waals surface area (Å²) in [7, 11) is 0. The van der Waals surface area contributed by atoms with Crippen LogP contribution in [0.2, 0.25) is 0 Å². The van der Waals surface area contributed by atoms with Crippen molar-refractivity contribution in [1.82, 2.24) is 20.2 Å². The van der Waals surface area contributed by atoms with Gasteiger partial charge in [-0.15, -0.1) is 0 Å². The molecule has 1 aliphatic heterocycles. The number of piperazine rings is 1. The van der Waals surface area contributed by atoms with Crippen LogP contribution in [0, 0.1) is 5.92 Å². The van der Waals surface area contributed by atoms with Crippen LogP contribution in [-0.2, 0) is 4.79 Å². The summed E-state index contributed by atoms with van der Waals surface area (Å²) in [4.78, 5) is 25.5. The molecule has 2 aromatic rings. The van der Waals surface area contributed by atoms with Gasteiger partial charge in [-0.05, 0) is 35.4 Å². The summed E-state index contributed by atoms with van der Waals surface area (Å²) in [6.07, 6.45) is 4.65. The van der Waals surface area contributed by atoms with Gasteiger partial charge in [0.15, 0.2) is 0 Å². The van der Waals surface area contributed by atoms with Gasteiger partial charge >= 0.3 is 0 Å². The van der Waals surface area contributed by atoms with E-state index < -0.39 is 0 Å². The standard InChI is InChI=1S/C24H35N5O/c1-5-19(4)20-7-9-21(10-8-20)23(18(2)3)27-17-22(30)28-13-15-29(16-14-28)24-25-11-6-12-26-24/h6-12,18-19,23,27H,5,13-17H2,1-4H3/t19-,23-/m0/s1. The zero-order valence-electron chi connectivity index (χ0n) is 18.7. The van der Waals surface area contributed by atoms with Crippen molar-refractivity contribution in [2.75, 3.05) is 37.6 Å². The van der Waals surface area contributed by atoms with E-state index in [1.807, 2.05) is 11.0 Å². The van der Waals surface area contributed by atoms with E-state index >= 15 is 0 Å². The Balaban J connectivity index is 1.53. The molecule has 6 nitrogen and oxygen atoms in total. The molecule has 3 rings (SSSR count). The lowest BCUT2D eigenvalue weighted by molar-refractivity contribution is -0.130. The molecule has 0 unspecified atom stereocenters. The van der Waals surface area contributed by atoms with Crippen molar-refractivity contribution in [2.45, 2.75) is 46.1 Å². The van der Waals surface area contributed by atoms with Gasteiger partial charge in [-0.1, -0.05) is 52.0 Å². The molecule has 1 N–H and O–H groups in total. The Bertz CT molecular complexity index is 785. The maximum absolute atomic E-state index is 12.8. The van der Waals surface area contributed by atoms with Crippen LogP contribution in [0.5, 0.6) is 0 Å². The number of hydrogen-bond donors (Lipinski definition) is 1. The van der Waals surface area contributed by atoms with Gasteiger partial charge in [0.25, 0.3) is 0 Å². The van der Waals surface area contributed by atoms with Crippen LogP contribution in [0.3, 0.4) is 0 Å². The minimum atomic E-state index is 0.158. The van der Waals surface area contributed by atoms with E-state index in [-0.39, 0.29) is 11.9 Å². The molecule has 1 fully saturated rings. The van der Waals surface area contributed by atoms with Gasteiger partial charge in [-0.3, -0.25) is 4.79 Å². The zero-order valence-corrected chi connectivity index (χ0v) is 18.7. The summed E-state index contributed by atoms with van der Waals surface area (Å²) in [6.45, 7) is 12.2. The fourth-order valence-corrected chi connectivity index (χ4v) is 3.93. The third kappa shape index (κ3) is 5.57. The van der Waals surface area contributed by atoms with E-state index in [0.29, 0.717) is 31.5 Å². The number of carbonyl (C=O) groups excluding carboxylic acids is 1. The minimum Gasteiger partial charge on any atom is -0.338 e. The molecule has 30 heavy (non-hydrogen) atoms. The van der Waals surface area contributed by atoms with Crippen LogP contribution in [0.15, 0.2) is 42.7 Å². The number of benzene rings is 1. The smallest absolute Gasteiger partial charge is 0.236 e. The molecule has 2 heterocycles. The first-order valence-corrected chi connectivity index (χ1v) is 11.1. The molecular formula is C24H35N5O. The van der Waals surface area contributed by atoms with Crippen LogP contribution >= 0.6 is 0 Å². The molecule has 162 valence electrons. The molecule has 0 radical (unpaired) electrons. The summed E-state index contributed by atoms with van der Waals surface area (Å²) >= 11 is 0. The molecule has 0 aliphatic carbocycles. The normalized spacial score (nSPS) is 16.6. The van der Waals surface area contributed by atoms with Crippen molar-refractivity contribution in [3.05, 3.63) is 53.9 Å². The molecule has 1 aromatic heterocycles. The highest BCUT2D eigenvalue weighted by atomic mass is 16.2. The molecule has 1 aliphatic rings. The summed E-state index contributed by atoms with van der Waals surface area (Å²) in [5.41, 5.74) is 2.62. The molecule has 0 bridgehead atoms. The van der Waals surface area contributed by atoms with Crippen LogP contribution in [0.1, 0.15) is 57.2 Å². The van der Waals surface area contributed by atoms with Crippen molar-refractivity contribution >= 4 is 11.9 Å². The first-order valence-electron chi connectivity index (χ1n) is 11.1. The van der Waals surface area contributed by atoms with E-state index in [9.17, 15) is 4.79 Å². The van der Waals surface area contributed by atoms with Crippen LogP contribution in [0.4, 0.5) is 5.95 Å². The van der Waals surface area contributed by atoms with E-state index in [0.717, 1.165) is 25.5 Å². The van der Waals surface area contributed by atoms with E-state index in [1.165, 1.54) is 11.1 Å². The maximum Gasteiger partial charge on any atom is 0.236 e. The van der Waals surface area contributed by atoms with E-state index in [2.05, 4.69) is 72.1 Å². The van der Waals surface area contributed by atoms with Gasteiger partial charge in [-0.2, -0.15) is 0 Å². The highest BCUT2D eigenvalue weighted by Crippen LogP contribution is 2.25. The number of aromatic nitrogens is 2. The fraction of sp³-hybridized carbons (Fsp3) is 0.542. The monoisotopic (exact) mass is 409 g/mol. The quantitative estimate of drug-likeness (QED) is 0.721. The highest BCUT2D eigenvalue weighted by Gasteiger charge is 2.24. The lowest BCUT2D eigenvalue weighted by Crippen LogP contribution is -2.51. The molecule has 6 heteroatoms. The Labute approximate surface area is 180 Å². The summed E-state index contributed by atoms with van der Waals surface area (Å²) in [5.74, 6) is 1.87. The molecule has 1 saturated heterocycles. The van der Waals surface area contributed by atoms with Crippen molar-refractivity contribution < 1.29 is 4.79 Å². The number of nitrogens with one attached hydrogen (secondary N) is 1. The largest absolute Gasteiger partial charge is 0.338 e. The van der Waals surface area contributed by atoms with Gasteiger partial charge in [0, 0.05) is 44.6 Å². The molecule has 1 aromatic carbocycles. The number of amides is 1. The average Bonchev–Trinajstić information content (AvgIpc) is 2.79. The number of anilines is 1. The second-order valence-corrected chi connectivity index (χ2v) is 8.50. The fourth-order valence-electron chi connectivity index (χ4n) is 3.93.